The first-order valence-electron chi connectivity index (χ1n) is 8.60. The number of fused-ring (bicyclic) bond motifs is 1. The van der Waals surface area contributed by atoms with Crippen LogP contribution in [-0.2, 0) is 16.0 Å². The number of carbonyl (C=O) groups is 2. The Bertz CT molecular complexity index is 888. The van der Waals surface area contributed by atoms with Gasteiger partial charge >= 0.3 is 5.97 Å². The van der Waals surface area contributed by atoms with Crippen LogP contribution in [0.25, 0.3) is 5.65 Å². The topological polar surface area (TPSA) is 94.8 Å². The maximum atomic E-state index is 12.2. The van der Waals surface area contributed by atoms with E-state index in [9.17, 15) is 9.59 Å². The summed E-state index contributed by atoms with van der Waals surface area (Å²) < 4.78 is 11.9. The van der Waals surface area contributed by atoms with Gasteiger partial charge in [-0.15, -0.1) is 0 Å². The van der Waals surface area contributed by atoms with E-state index in [0.717, 1.165) is 5.56 Å². The van der Waals surface area contributed by atoms with E-state index >= 15 is 0 Å². The van der Waals surface area contributed by atoms with Gasteiger partial charge in [-0.25, -0.2) is 9.78 Å². The highest BCUT2D eigenvalue weighted by atomic mass is 16.6. The minimum absolute atomic E-state index is 0.113. The highest BCUT2D eigenvalue weighted by Gasteiger charge is 2.10. The number of esters is 1. The van der Waals surface area contributed by atoms with Crippen LogP contribution in [0, 0.1) is 0 Å². The van der Waals surface area contributed by atoms with Gasteiger partial charge in [0.2, 0.25) is 0 Å². The first kappa shape index (κ1) is 18.4. The van der Waals surface area contributed by atoms with Crippen LogP contribution in [0.2, 0.25) is 0 Å². The number of carbonyl (C=O) groups excluding carboxylic acids is 2. The zero-order chi connectivity index (χ0) is 19.1. The molecule has 0 aliphatic carbocycles. The Morgan fingerprint density at radius 3 is 2.78 bits per heavy atom. The normalized spacial score (nSPS) is 10.6. The first-order chi connectivity index (χ1) is 13.2. The number of ether oxygens (including phenoxy) is 2. The van der Waals surface area contributed by atoms with Gasteiger partial charge in [0.25, 0.3) is 5.91 Å². The van der Waals surface area contributed by atoms with Crippen LogP contribution in [0.1, 0.15) is 23.0 Å². The van der Waals surface area contributed by atoms with Crippen LogP contribution in [0.3, 0.4) is 0 Å². The summed E-state index contributed by atoms with van der Waals surface area (Å²) in [5.74, 6) is -0.0331. The number of hydrogen-bond acceptors (Lipinski definition) is 6. The van der Waals surface area contributed by atoms with Crippen molar-refractivity contribution < 1.29 is 19.1 Å². The summed E-state index contributed by atoms with van der Waals surface area (Å²) in [4.78, 5) is 31.7. The molecule has 27 heavy (non-hydrogen) atoms. The zero-order valence-electron chi connectivity index (χ0n) is 14.9. The summed E-state index contributed by atoms with van der Waals surface area (Å²) in [5, 5.41) is 2.85. The highest BCUT2D eigenvalue weighted by molar-refractivity contribution is 5.92. The lowest BCUT2D eigenvalue weighted by Gasteiger charge is -2.07. The molecule has 0 aliphatic rings. The molecule has 1 amide bonds. The Morgan fingerprint density at radius 2 is 2.04 bits per heavy atom. The number of nitrogens with zero attached hydrogens (tertiary/aromatic N) is 3. The minimum Gasteiger partial charge on any atom is -0.482 e. The third kappa shape index (κ3) is 5.04. The van der Waals surface area contributed by atoms with E-state index in [1.165, 1.54) is 0 Å². The molecule has 140 valence electrons. The van der Waals surface area contributed by atoms with Crippen LogP contribution in [0.15, 0.2) is 49.1 Å². The molecule has 0 fully saturated rings. The standard InChI is InChI=1S/C19H20N4O4/c1-2-26-18(24)13-27-15-5-3-14(4-6-15)7-8-21-19(25)16-12-23-10-9-20-11-17(23)22-16/h3-6,9-12H,2,7-8,13H2,1H3,(H,21,25). The zero-order valence-corrected chi connectivity index (χ0v) is 14.9. The predicted octanol–water partition coefficient (Wildman–Crippen LogP) is 1.64. The van der Waals surface area contributed by atoms with Gasteiger partial charge in [0.15, 0.2) is 12.3 Å². The molecular weight excluding hydrogens is 348 g/mol. The van der Waals surface area contributed by atoms with Crippen molar-refractivity contribution in [1.29, 1.82) is 0 Å². The van der Waals surface area contributed by atoms with Crippen molar-refractivity contribution in [3.05, 3.63) is 60.3 Å². The van der Waals surface area contributed by atoms with Crippen LogP contribution in [-0.4, -0.2) is 46.0 Å². The molecule has 0 saturated heterocycles. The number of imidazole rings is 1. The van der Waals surface area contributed by atoms with Crippen LogP contribution in [0.5, 0.6) is 5.75 Å². The Hall–Kier alpha value is -3.42. The molecule has 0 spiro atoms. The summed E-state index contributed by atoms with van der Waals surface area (Å²) >= 11 is 0. The number of nitrogens with one attached hydrogen (secondary N) is 1. The fourth-order valence-electron chi connectivity index (χ4n) is 2.46. The number of hydrogen-bond donors (Lipinski definition) is 1. The summed E-state index contributed by atoms with van der Waals surface area (Å²) in [6, 6.07) is 7.35. The molecule has 0 saturated carbocycles. The molecule has 1 N–H and O–H groups in total. The van der Waals surface area contributed by atoms with E-state index in [1.54, 1.807) is 48.2 Å². The van der Waals surface area contributed by atoms with Gasteiger partial charge in [-0.1, -0.05) is 12.1 Å². The van der Waals surface area contributed by atoms with E-state index in [4.69, 9.17) is 9.47 Å². The summed E-state index contributed by atoms with van der Waals surface area (Å²) in [5.41, 5.74) is 2.02. The molecule has 1 aromatic carbocycles. The first-order valence-corrected chi connectivity index (χ1v) is 8.60. The third-order valence-electron chi connectivity index (χ3n) is 3.78. The molecule has 2 aromatic heterocycles. The lowest BCUT2D eigenvalue weighted by molar-refractivity contribution is -0.145. The molecule has 0 aliphatic heterocycles. The number of benzene rings is 1. The van der Waals surface area contributed by atoms with Gasteiger partial charge in [-0.3, -0.25) is 9.78 Å². The van der Waals surface area contributed by atoms with Gasteiger partial charge < -0.3 is 19.2 Å². The van der Waals surface area contributed by atoms with Crippen molar-refractivity contribution in [2.24, 2.45) is 0 Å². The lowest BCUT2D eigenvalue weighted by Crippen LogP contribution is -2.25. The average Bonchev–Trinajstić information content (AvgIpc) is 3.12. The molecule has 0 bridgehead atoms. The van der Waals surface area contributed by atoms with Gasteiger partial charge in [-0.2, -0.15) is 0 Å². The summed E-state index contributed by atoms with van der Waals surface area (Å²) in [6.45, 7) is 2.45. The van der Waals surface area contributed by atoms with E-state index in [2.05, 4.69) is 15.3 Å². The van der Waals surface area contributed by atoms with Crippen LogP contribution >= 0.6 is 0 Å². The molecule has 3 aromatic rings. The van der Waals surface area contributed by atoms with E-state index in [1.807, 2.05) is 12.1 Å². The Labute approximate surface area is 156 Å². The molecular formula is C19H20N4O4. The molecule has 8 nitrogen and oxygen atoms in total. The third-order valence-corrected chi connectivity index (χ3v) is 3.78. The smallest absolute Gasteiger partial charge is 0.344 e. The lowest BCUT2D eigenvalue weighted by atomic mass is 10.1. The van der Waals surface area contributed by atoms with E-state index < -0.39 is 5.97 Å². The maximum Gasteiger partial charge on any atom is 0.344 e. The monoisotopic (exact) mass is 368 g/mol. The van der Waals surface area contributed by atoms with Gasteiger partial charge in [-0.05, 0) is 31.0 Å². The largest absolute Gasteiger partial charge is 0.482 e. The van der Waals surface area contributed by atoms with Crippen LogP contribution < -0.4 is 10.1 Å². The fraction of sp³-hybridized carbons (Fsp3) is 0.263. The van der Waals surface area contributed by atoms with Gasteiger partial charge in [0.05, 0.1) is 12.8 Å². The highest BCUT2D eigenvalue weighted by Crippen LogP contribution is 2.12. The van der Waals surface area contributed by atoms with Crippen molar-refractivity contribution in [3.8, 4) is 5.75 Å². The quantitative estimate of drug-likeness (QED) is 0.608. The number of rotatable bonds is 8. The van der Waals surface area contributed by atoms with Crippen molar-refractivity contribution in [2.45, 2.75) is 13.3 Å². The van der Waals surface area contributed by atoms with Crippen molar-refractivity contribution in [3.63, 3.8) is 0 Å². The van der Waals surface area contributed by atoms with Crippen molar-refractivity contribution >= 4 is 17.5 Å². The minimum atomic E-state index is -0.396. The fourth-order valence-corrected chi connectivity index (χ4v) is 2.46. The van der Waals surface area contributed by atoms with Crippen molar-refractivity contribution in [2.75, 3.05) is 19.8 Å². The number of aromatic nitrogens is 3. The Kier molecular flexibility index (Phi) is 5.98. The molecule has 0 radical (unpaired) electrons. The van der Waals surface area contributed by atoms with Gasteiger partial charge in [0.1, 0.15) is 11.4 Å². The van der Waals surface area contributed by atoms with Gasteiger partial charge in [0, 0.05) is 25.1 Å². The summed E-state index contributed by atoms with van der Waals surface area (Å²) in [6.07, 6.45) is 7.31. The van der Waals surface area contributed by atoms with Crippen LogP contribution in [0.4, 0.5) is 0 Å². The second kappa shape index (κ2) is 8.79. The van der Waals surface area contributed by atoms with Crippen molar-refractivity contribution in [1.82, 2.24) is 19.7 Å². The maximum absolute atomic E-state index is 12.2. The molecule has 2 heterocycles. The Morgan fingerprint density at radius 1 is 1.22 bits per heavy atom. The summed E-state index contributed by atoms with van der Waals surface area (Å²) in [7, 11) is 0. The van der Waals surface area contributed by atoms with E-state index in [-0.39, 0.29) is 12.5 Å². The van der Waals surface area contributed by atoms with E-state index in [0.29, 0.717) is 36.7 Å². The molecule has 3 rings (SSSR count). The molecule has 0 atom stereocenters. The SMILES string of the molecule is CCOC(=O)COc1ccc(CCNC(=O)c2cn3ccncc3n2)cc1. The predicted molar refractivity (Wildman–Crippen MR) is 97.6 cm³/mol. The Balaban J connectivity index is 1.45. The second-order valence-corrected chi connectivity index (χ2v) is 5.71. The molecule has 8 heteroatoms. The second-order valence-electron chi connectivity index (χ2n) is 5.71. The average molecular weight is 368 g/mol. The molecule has 0 unspecified atom stereocenters. The number of amides is 1.